The van der Waals surface area contributed by atoms with Gasteiger partial charge in [0, 0.05) is 25.7 Å². The maximum Gasteiger partial charge on any atom is 0.472 e. The average molecular weight is 1490 g/mol. The summed E-state index contributed by atoms with van der Waals surface area (Å²) < 4.78 is 68.8. The average Bonchev–Trinajstić information content (AvgIpc) is 0.920. The molecule has 0 rings (SSSR count). The van der Waals surface area contributed by atoms with Crippen LogP contribution in [0.2, 0.25) is 0 Å². The Labute approximate surface area is 626 Å². The molecule has 0 saturated carbocycles. The lowest BCUT2D eigenvalue weighted by atomic mass is 10.0. The van der Waals surface area contributed by atoms with Crippen LogP contribution in [-0.4, -0.2) is 96.7 Å². The predicted molar refractivity (Wildman–Crippen MR) is 418 cm³/mol. The Hall–Kier alpha value is -1.94. The van der Waals surface area contributed by atoms with Gasteiger partial charge >= 0.3 is 39.5 Å². The largest absolute Gasteiger partial charge is 0.472 e. The van der Waals surface area contributed by atoms with Gasteiger partial charge < -0.3 is 33.8 Å². The third-order valence-corrected chi connectivity index (χ3v) is 21.4. The van der Waals surface area contributed by atoms with Gasteiger partial charge in [-0.1, -0.05) is 394 Å². The minimum Gasteiger partial charge on any atom is -0.462 e. The summed E-state index contributed by atoms with van der Waals surface area (Å²) in [6.45, 7) is 7.33. The first kappa shape index (κ1) is 100. The van der Waals surface area contributed by atoms with E-state index >= 15 is 0 Å². The van der Waals surface area contributed by atoms with Crippen molar-refractivity contribution in [1.29, 1.82) is 0 Å². The minimum atomic E-state index is -4.96. The van der Waals surface area contributed by atoms with Gasteiger partial charge in [-0.3, -0.25) is 37.3 Å². The lowest BCUT2D eigenvalue weighted by Crippen LogP contribution is -2.30. The fourth-order valence-corrected chi connectivity index (χ4v) is 14.5. The van der Waals surface area contributed by atoms with Crippen molar-refractivity contribution in [2.75, 3.05) is 39.6 Å². The maximum atomic E-state index is 13.1. The van der Waals surface area contributed by atoms with E-state index in [1.165, 1.54) is 270 Å². The molecular weight excluding hydrogens is 1330 g/mol. The van der Waals surface area contributed by atoms with Crippen LogP contribution in [0.25, 0.3) is 0 Å². The van der Waals surface area contributed by atoms with Gasteiger partial charge in [0.15, 0.2) is 12.2 Å². The molecule has 0 amide bonds. The van der Waals surface area contributed by atoms with E-state index in [-0.39, 0.29) is 25.7 Å². The Kier molecular flexibility index (Phi) is 74.4. The van der Waals surface area contributed by atoms with Crippen molar-refractivity contribution in [1.82, 2.24) is 0 Å². The van der Waals surface area contributed by atoms with Crippen molar-refractivity contribution in [2.24, 2.45) is 5.92 Å². The Balaban J connectivity index is 5.21. The number of phosphoric ester groups is 2. The molecule has 2 unspecified atom stereocenters. The van der Waals surface area contributed by atoms with Crippen molar-refractivity contribution in [3.05, 3.63) is 0 Å². The second-order valence-electron chi connectivity index (χ2n) is 30.3. The van der Waals surface area contributed by atoms with Gasteiger partial charge in [-0.15, -0.1) is 0 Å². The molecule has 0 fully saturated rings. The van der Waals surface area contributed by atoms with Gasteiger partial charge in [0.1, 0.15) is 19.3 Å². The van der Waals surface area contributed by atoms with Gasteiger partial charge in [-0.2, -0.15) is 0 Å². The molecule has 3 N–H and O–H groups in total. The Morgan fingerprint density at radius 1 is 0.265 bits per heavy atom. The van der Waals surface area contributed by atoms with Crippen LogP contribution < -0.4 is 0 Å². The molecule has 0 radical (unpaired) electrons. The first-order valence-electron chi connectivity index (χ1n) is 43.1. The molecule has 0 heterocycles. The van der Waals surface area contributed by atoms with E-state index in [0.717, 1.165) is 95.8 Å². The summed E-state index contributed by atoms with van der Waals surface area (Å²) >= 11 is 0. The molecule has 19 heteroatoms. The van der Waals surface area contributed by atoms with Crippen molar-refractivity contribution in [2.45, 2.75) is 464 Å². The smallest absolute Gasteiger partial charge is 0.462 e. The minimum absolute atomic E-state index is 0.107. The molecule has 5 atom stereocenters. The summed E-state index contributed by atoms with van der Waals surface area (Å²) in [4.78, 5) is 73.1. The van der Waals surface area contributed by atoms with Crippen LogP contribution in [0, 0.1) is 5.92 Å². The van der Waals surface area contributed by atoms with E-state index in [1.54, 1.807) is 0 Å². The molecule has 0 aromatic heterocycles. The molecule has 0 saturated heterocycles. The molecule has 606 valence electrons. The van der Waals surface area contributed by atoms with Crippen molar-refractivity contribution in [3.8, 4) is 0 Å². The standard InChI is InChI=1S/C83H162O17P2/c1-6-9-12-15-18-21-24-26-28-30-31-32-33-34-35-37-39-43-48-53-58-63-68-82(87)99-79(73-94-81(86)67-62-57-52-47-42-38-36-29-27-25-22-19-16-13-10-7-2)75-98-102(91,92)96-71-77(84)70-95-101(89,90)97-74-78(72-93-80(85)66-61-56-51-46-23-20-17-14-11-8-3)100-83(88)69-64-59-54-49-44-40-41-45-50-55-60-65-76(4)5/h76-79,84H,6-75H2,1-5H3,(H,89,90)(H,91,92)/t77-,78+,79+/m0/s1. The van der Waals surface area contributed by atoms with Gasteiger partial charge in [0.05, 0.1) is 26.4 Å². The van der Waals surface area contributed by atoms with Crippen LogP contribution in [0.1, 0.15) is 446 Å². The summed E-state index contributed by atoms with van der Waals surface area (Å²) in [7, 11) is -9.92. The lowest BCUT2D eigenvalue weighted by molar-refractivity contribution is -0.161. The normalized spacial score (nSPS) is 13.8. The topological polar surface area (TPSA) is 237 Å². The maximum absolute atomic E-state index is 13.1. The van der Waals surface area contributed by atoms with Gasteiger partial charge in [0.25, 0.3) is 0 Å². The van der Waals surface area contributed by atoms with Crippen molar-refractivity contribution >= 4 is 39.5 Å². The molecule has 17 nitrogen and oxygen atoms in total. The first-order valence-corrected chi connectivity index (χ1v) is 46.1. The number of unbranched alkanes of at least 4 members (excludes halogenated alkanes) is 55. The highest BCUT2D eigenvalue weighted by molar-refractivity contribution is 7.47. The molecule has 0 spiro atoms. The zero-order chi connectivity index (χ0) is 74.8. The van der Waals surface area contributed by atoms with E-state index in [9.17, 15) is 43.2 Å². The SMILES string of the molecule is CCCCCCCCCCCCCCCCCCCCCCCCC(=O)O[C@H](COC(=O)CCCCCCCCCCCCCCCCCC)COP(=O)(O)OC[C@@H](O)COP(=O)(O)OC[C@@H](COC(=O)CCCCCCCCCCCC)OC(=O)CCCCCCCCCCCCCC(C)C. The number of hydrogen-bond acceptors (Lipinski definition) is 15. The highest BCUT2D eigenvalue weighted by Crippen LogP contribution is 2.45. The molecular formula is C83H162O17P2. The van der Waals surface area contributed by atoms with E-state index in [0.29, 0.717) is 25.7 Å². The summed E-state index contributed by atoms with van der Waals surface area (Å²) in [5.74, 6) is -1.34. The third kappa shape index (κ3) is 76.3. The Morgan fingerprint density at radius 3 is 0.667 bits per heavy atom. The second-order valence-corrected chi connectivity index (χ2v) is 33.3. The zero-order valence-corrected chi connectivity index (χ0v) is 68.5. The van der Waals surface area contributed by atoms with Crippen LogP contribution in [0.3, 0.4) is 0 Å². The highest BCUT2D eigenvalue weighted by atomic mass is 31.2. The zero-order valence-electron chi connectivity index (χ0n) is 66.8. The molecule has 0 aromatic rings. The number of ether oxygens (including phenoxy) is 4. The number of hydrogen-bond donors (Lipinski definition) is 3. The van der Waals surface area contributed by atoms with Gasteiger partial charge in [-0.25, -0.2) is 9.13 Å². The quantitative estimate of drug-likeness (QED) is 0.0222. The number of esters is 4. The molecule has 0 aliphatic carbocycles. The molecule has 0 aromatic carbocycles. The van der Waals surface area contributed by atoms with E-state index in [2.05, 4.69) is 34.6 Å². The number of aliphatic hydroxyl groups is 1. The Morgan fingerprint density at radius 2 is 0.451 bits per heavy atom. The van der Waals surface area contributed by atoms with Crippen LogP contribution in [-0.2, 0) is 65.4 Å². The number of aliphatic hydroxyl groups excluding tert-OH is 1. The van der Waals surface area contributed by atoms with Crippen LogP contribution >= 0.6 is 15.6 Å². The molecule has 102 heavy (non-hydrogen) atoms. The molecule has 0 bridgehead atoms. The lowest BCUT2D eigenvalue weighted by Gasteiger charge is -2.21. The number of phosphoric acid groups is 2. The van der Waals surface area contributed by atoms with Crippen LogP contribution in [0.15, 0.2) is 0 Å². The van der Waals surface area contributed by atoms with Gasteiger partial charge in [-0.05, 0) is 31.6 Å². The van der Waals surface area contributed by atoms with E-state index in [4.69, 9.17) is 37.0 Å². The van der Waals surface area contributed by atoms with Gasteiger partial charge in [0.2, 0.25) is 0 Å². The number of carbonyl (C=O) groups excluding carboxylic acids is 4. The summed E-state index contributed by atoms with van der Waals surface area (Å²) in [5, 5.41) is 10.6. The summed E-state index contributed by atoms with van der Waals surface area (Å²) in [6.07, 6.45) is 68.1. The number of carbonyl (C=O) groups is 4. The third-order valence-electron chi connectivity index (χ3n) is 19.5. The fourth-order valence-electron chi connectivity index (χ4n) is 12.9. The van der Waals surface area contributed by atoms with Crippen molar-refractivity contribution < 1.29 is 80.2 Å². The summed E-state index contributed by atoms with van der Waals surface area (Å²) in [5.41, 5.74) is 0. The first-order chi connectivity index (χ1) is 49.5. The van der Waals surface area contributed by atoms with Crippen molar-refractivity contribution in [3.63, 3.8) is 0 Å². The molecule has 0 aliphatic heterocycles. The predicted octanol–water partition coefficient (Wildman–Crippen LogP) is 25.2. The highest BCUT2D eigenvalue weighted by Gasteiger charge is 2.30. The van der Waals surface area contributed by atoms with E-state index in [1.807, 2.05) is 0 Å². The summed E-state index contributed by atoms with van der Waals surface area (Å²) in [6, 6.07) is 0. The fraction of sp³-hybridized carbons (Fsp3) is 0.952. The number of rotatable bonds is 83. The Bertz CT molecular complexity index is 1940. The van der Waals surface area contributed by atoms with Crippen LogP contribution in [0.5, 0.6) is 0 Å². The second kappa shape index (κ2) is 75.9. The molecule has 0 aliphatic rings. The monoisotopic (exact) mass is 1490 g/mol. The van der Waals surface area contributed by atoms with Crippen LogP contribution in [0.4, 0.5) is 0 Å². The van der Waals surface area contributed by atoms with E-state index < -0.39 is 97.5 Å².